The van der Waals surface area contributed by atoms with Crippen molar-refractivity contribution in [3.8, 4) is 5.75 Å². The van der Waals surface area contributed by atoms with Crippen LogP contribution < -0.4 is 0 Å². The van der Waals surface area contributed by atoms with Gasteiger partial charge in [0, 0.05) is 17.4 Å². The van der Waals surface area contributed by atoms with E-state index in [4.69, 9.17) is 4.42 Å². The number of ketones is 1. The van der Waals surface area contributed by atoms with Gasteiger partial charge in [-0.05, 0) is 43.2 Å². The third kappa shape index (κ3) is 2.19. The lowest BCUT2D eigenvalue weighted by Gasteiger charge is -2.08. The van der Waals surface area contributed by atoms with Gasteiger partial charge in [-0.3, -0.25) is 4.79 Å². The molecule has 0 radical (unpaired) electrons. The molecule has 0 saturated heterocycles. The highest BCUT2D eigenvalue weighted by Crippen LogP contribution is 2.30. The number of fused-ring (bicyclic) bond motifs is 1. The van der Waals surface area contributed by atoms with Crippen LogP contribution in [0.5, 0.6) is 5.75 Å². The topological polar surface area (TPSA) is 50.4 Å². The number of hydrogen-bond donors (Lipinski definition) is 1. The first-order valence-corrected chi connectivity index (χ1v) is 7.38. The highest BCUT2D eigenvalue weighted by molar-refractivity contribution is 6.17. The van der Waals surface area contributed by atoms with Crippen molar-refractivity contribution in [1.29, 1.82) is 0 Å². The molecule has 3 rings (SSSR count). The minimum absolute atomic E-state index is 0.0533. The number of carbonyl (C=O) groups excluding carboxylic acids is 1. The van der Waals surface area contributed by atoms with E-state index in [2.05, 4.69) is 0 Å². The van der Waals surface area contributed by atoms with Gasteiger partial charge in [0.1, 0.15) is 17.1 Å². The molecule has 112 valence electrons. The van der Waals surface area contributed by atoms with E-state index >= 15 is 0 Å². The van der Waals surface area contributed by atoms with Gasteiger partial charge in [-0.2, -0.15) is 0 Å². The summed E-state index contributed by atoms with van der Waals surface area (Å²) in [6.07, 6.45) is 0.659. The first-order chi connectivity index (χ1) is 10.5. The fraction of sp³-hybridized carbons (Fsp3) is 0.211. The molecule has 3 nitrogen and oxygen atoms in total. The highest BCUT2D eigenvalue weighted by atomic mass is 16.3. The van der Waals surface area contributed by atoms with E-state index in [0.717, 1.165) is 16.5 Å². The average molecular weight is 294 g/mol. The van der Waals surface area contributed by atoms with E-state index < -0.39 is 0 Å². The van der Waals surface area contributed by atoms with Crippen LogP contribution in [0.4, 0.5) is 0 Å². The Balaban J connectivity index is 2.23. The third-order valence-corrected chi connectivity index (χ3v) is 4.00. The number of phenolic OH excluding ortho intramolecular Hbond substituents is 1. The highest BCUT2D eigenvalue weighted by Gasteiger charge is 2.22. The van der Waals surface area contributed by atoms with Gasteiger partial charge in [0.05, 0.1) is 5.56 Å². The largest absolute Gasteiger partial charge is 0.508 e. The fourth-order valence-corrected chi connectivity index (χ4v) is 2.77. The van der Waals surface area contributed by atoms with Gasteiger partial charge in [-0.25, -0.2) is 0 Å². The lowest BCUT2D eigenvalue weighted by Crippen LogP contribution is -2.06. The monoisotopic (exact) mass is 294 g/mol. The Morgan fingerprint density at radius 3 is 2.59 bits per heavy atom. The molecular weight excluding hydrogens is 276 g/mol. The van der Waals surface area contributed by atoms with Crippen LogP contribution >= 0.6 is 0 Å². The Bertz CT molecular complexity index is 872. The van der Waals surface area contributed by atoms with Crippen molar-refractivity contribution in [2.75, 3.05) is 0 Å². The van der Waals surface area contributed by atoms with Crippen LogP contribution in [0.3, 0.4) is 0 Å². The Hall–Kier alpha value is -2.55. The van der Waals surface area contributed by atoms with E-state index in [1.807, 2.05) is 38.1 Å². The molecule has 0 spiro atoms. The number of hydrogen-bond acceptors (Lipinski definition) is 3. The third-order valence-electron chi connectivity index (χ3n) is 4.00. The second-order valence-corrected chi connectivity index (χ2v) is 5.53. The smallest absolute Gasteiger partial charge is 0.197 e. The van der Waals surface area contributed by atoms with E-state index in [0.29, 0.717) is 28.9 Å². The number of aromatic hydroxyl groups is 1. The molecule has 1 heterocycles. The maximum atomic E-state index is 13.0. The number of rotatable bonds is 3. The predicted octanol–water partition coefficient (Wildman–Crippen LogP) is 4.55. The zero-order chi connectivity index (χ0) is 15.9. The number of para-hydroxylation sites is 1. The minimum Gasteiger partial charge on any atom is -0.508 e. The van der Waals surface area contributed by atoms with Gasteiger partial charge >= 0.3 is 0 Å². The van der Waals surface area contributed by atoms with Crippen LogP contribution in [0.15, 0.2) is 40.8 Å². The molecule has 0 saturated carbocycles. The summed E-state index contributed by atoms with van der Waals surface area (Å²) in [5.74, 6) is 0.862. The molecule has 3 heteroatoms. The van der Waals surface area contributed by atoms with Crippen LogP contribution in [0.25, 0.3) is 11.0 Å². The van der Waals surface area contributed by atoms with E-state index in [9.17, 15) is 9.90 Å². The van der Waals surface area contributed by atoms with Gasteiger partial charge in [-0.15, -0.1) is 0 Å². The van der Waals surface area contributed by atoms with Gasteiger partial charge in [0.25, 0.3) is 0 Å². The van der Waals surface area contributed by atoms with Crippen LogP contribution in [-0.4, -0.2) is 10.9 Å². The number of carbonyl (C=O) groups is 1. The van der Waals surface area contributed by atoms with Gasteiger partial charge in [-0.1, -0.05) is 25.1 Å². The molecule has 0 aliphatic carbocycles. The van der Waals surface area contributed by atoms with E-state index in [1.54, 1.807) is 19.1 Å². The average Bonchev–Trinajstić information content (AvgIpc) is 2.88. The van der Waals surface area contributed by atoms with Gasteiger partial charge in [0.15, 0.2) is 5.78 Å². The molecule has 0 fully saturated rings. The predicted molar refractivity (Wildman–Crippen MR) is 86.6 cm³/mol. The van der Waals surface area contributed by atoms with Gasteiger partial charge in [0.2, 0.25) is 0 Å². The van der Waals surface area contributed by atoms with Gasteiger partial charge < -0.3 is 9.52 Å². The second kappa shape index (κ2) is 5.34. The summed E-state index contributed by atoms with van der Waals surface area (Å²) in [6, 6.07) is 11.0. The molecule has 3 aromatic rings. The molecule has 22 heavy (non-hydrogen) atoms. The normalized spacial score (nSPS) is 11.0. The van der Waals surface area contributed by atoms with Crippen LogP contribution in [-0.2, 0) is 6.42 Å². The SMILES string of the molecule is CCc1oc2ccccc2c1C(=O)c1cc(C)c(O)cc1C. The Labute approximate surface area is 129 Å². The van der Waals surface area contributed by atoms with E-state index in [1.165, 1.54) is 0 Å². The Morgan fingerprint density at radius 1 is 1.14 bits per heavy atom. The maximum Gasteiger partial charge on any atom is 0.197 e. The summed E-state index contributed by atoms with van der Waals surface area (Å²) in [5.41, 5.74) is 3.43. The minimum atomic E-state index is -0.0533. The lowest BCUT2D eigenvalue weighted by molar-refractivity contribution is 0.103. The number of benzene rings is 2. The quantitative estimate of drug-likeness (QED) is 0.721. The summed E-state index contributed by atoms with van der Waals surface area (Å²) < 4.78 is 5.81. The zero-order valence-electron chi connectivity index (χ0n) is 12.9. The molecule has 0 bridgehead atoms. The van der Waals surface area contributed by atoms with Crippen LogP contribution in [0.2, 0.25) is 0 Å². The zero-order valence-corrected chi connectivity index (χ0v) is 12.9. The number of aryl methyl sites for hydroxylation is 3. The summed E-state index contributed by atoms with van der Waals surface area (Å²) >= 11 is 0. The first kappa shape index (κ1) is 14.4. The van der Waals surface area contributed by atoms with Crippen molar-refractivity contribution < 1.29 is 14.3 Å². The first-order valence-electron chi connectivity index (χ1n) is 7.38. The maximum absolute atomic E-state index is 13.0. The molecule has 0 atom stereocenters. The second-order valence-electron chi connectivity index (χ2n) is 5.53. The molecule has 0 unspecified atom stereocenters. The lowest BCUT2D eigenvalue weighted by atomic mass is 9.94. The summed E-state index contributed by atoms with van der Waals surface area (Å²) in [4.78, 5) is 13.0. The molecular formula is C19H18O3. The molecule has 0 aliphatic heterocycles. The Morgan fingerprint density at radius 2 is 1.86 bits per heavy atom. The van der Waals surface area contributed by atoms with Crippen molar-refractivity contribution in [2.45, 2.75) is 27.2 Å². The van der Waals surface area contributed by atoms with Crippen molar-refractivity contribution in [3.05, 3.63) is 64.4 Å². The van der Waals surface area contributed by atoms with Crippen LogP contribution in [0.1, 0.15) is 39.7 Å². The molecule has 1 N–H and O–H groups in total. The summed E-state index contributed by atoms with van der Waals surface area (Å²) in [6.45, 7) is 5.60. The van der Waals surface area contributed by atoms with Crippen molar-refractivity contribution in [2.24, 2.45) is 0 Å². The summed E-state index contributed by atoms with van der Waals surface area (Å²) in [5, 5.41) is 10.6. The molecule has 2 aromatic carbocycles. The number of phenols is 1. The standard InChI is InChI=1S/C19H18O3/c1-4-16-18(13-7-5-6-8-17(13)22-16)19(21)14-9-12(3)15(20)10-11(14)2/h5-10,20H,4H2,1-3H3. The Kier molecular flexibility index (Phi) is 3.49. The summed E-state index contributed by atoms with van der Waals surface area (Å²) in [7, 11) is 0. The van der Waals surface area contributed by atoms with E-state index in [-0.39, 0.29) is 11.5 Å². The number of furan rings is 1. The van der Waals surface area contributed by atoms with Crippen molar-refractivity contribution >= 4 is 16.8 Å². The van der Waals surface area contributed by atoms with Crippen LogP contribution in [0, 0.1) is 13.8 Å². The van der Waals surface area contributed by atoms with Crippen molar-refractivity contribution in [3.63, 3.8) is 0 Å². The molecule has 1 aromatic heterocycles. The fourth-order valence-electron chi connectivity index (χ4n) is 2.77. The van der Waals surface area contributed by atoms with Crippen molar-refractivity contribution in [1.82, 2.24) is 0 Å². The molecule has 0 aliphatic rings. The molecule has 0 amide bonds.